The van der Waals surface area contributed by atoms with Gasteiger partial charge in [0.25, 0.3) is 0 Å². The van der Waals surface area contributed by atoms with Gasteiger partial charge in [0.2, 0.25) is 5.69 Å². The highest BCUT2D eigenvalue weighted by molar-refractivity contribution is 6.33. The van der Waals surface area contributed by atoms with Crippen LogP contribution in [0.25, 0.3) is 4.85 Å². The highest BCUT2D eigenvalue weighted by atomic mass is 35.5. The molecule has 5 rings (SSSR count). The molecule has 152 valence electrons. The molecule has 1 aliphatic heterocycles. The number of rotatable bonds is 3. The fourth-order valence-corrected chi connectivity index (χ4v) is 5.57. The van der Waals surface area contributed by atoms with E-state index < -0.39 is 0 Å². The van der Waals surface area contributed by atoms with Crippen LogP contribution in [0, 0.1) is 18.4 Å². The van der Waals surface area contributed by atoms with Crippen LogP contribution in [-0.4, -0.2) is 22.5 Å². The Morgan fingerprint density at radius 1 is 1.20 bits per heavy atom. The number of pyridine rings is 1. The number of aryl methyl sites for hydroxylation is 1. The second-order valence-electron chi connectivity index (χ2n) is 8.50. The van der Waals surface area contributed by atoms with E-state index in [-0.39, 0.29) is 5.78 Å². The van der Waals surface area contributed by atoms with Gasteiger partial charge >= 0.3 is 0 Å². The van der Waals surface area contributed by atoms with Crippen LogP contribution in [-0.2, 0) is 6.42 Å². The van der Waals surface area contributed by atoms with Crippen LogP contribution in [0.5, 0.6) is 0 Å². The summed E-state index contributed by atoms with van der Waals surface area (Å²) in [4.78, 5) is 19.9. The van der Waals surface area contributed by atoms with Crippen LogP contribution >= 0.6 is 11.6 Å². The van der Waals surface area contributed by atoms with Crippen LogP contribution in [0.15, 0.2) is 35.4 Å². The summed E-state index contributed by atoms with van der Waals surface area (Å²) in [5.41, 5.74) is 5.07. The molecule has 1 saturated carbocycles. The molecule has 1 aromatic heterocycles. The highest BCUT2D eigenvalue weighted by Gasteiger charge is 2.45. The number of nitrogens with zero attached hydrogens (tertiary/aromatic N) is 4. The molecule has 2 aliphatic carbocycles. The molecule has 1 aromatic carbocycles. The number of benzene rings is 1. The molecule has 2 heterocycles. The number of aromatic nitrogens is 1. The number of carbonyl (C=O) groups excluding carboxylic acids is 1. The summed E-state index contributed by atoms with van der Waals surface area (Å²) >= 11 is 6.37. The van der Waals surface area contributed by atoms with Crippen LogP contribution in [0.3, 0.4) is 0 Å². The van der Waals surface area contributed by atoms with Crippen molar-refractivity contribution in [2.45, 2.75) is 51.5 Å². The van der Waals surface area contributed by atoms with Gasteiger partial charge < -0.3 is 0 Å². The van der Waals surface area contributed by atoms with Crippen molar-refractivity contribution in [2.24, 2.45) is 16.9 Å². The molecule has 1 fully saturated rings. The first-order chi connectivity index (χ1) is 14.6. The van der Waals surface area contributed by atoms with Crippen molar-refractivity contribution in [3.63, 3.8) is 0 Å². The van der Waals surface area contributed by atoms with Gasteiger partial charge in [-0.1, -0.05) is 30.5 Å². The van der Waals surface area contributed by atoms with Crippen molar-refractivity contribution < 1.29 is 4.79 Å². The third-order valence-corrected chi connectivity index (χ3v) is 7.07. The Morgan fingerprint density at radius 2 is 2.00 bits per heavy atom. The van der Waals surface area contributed by atoms with Gasteiger partial charge in [0.15, 0.2) is 5.78 Å². The van der Waals surface area contributed by atoms with Crippen molar-refractivity contribution in [1.29, 1.82) is 0 Å². The number of hydrazone groups is 1. The van der Waals surface area contributed by atoms with E-state index in [2.05, 4.69) is 14.8 Å². The molecule has 30 heavy (non-hydrogen) atoms. The maximum absolute atomic E-state index is 11.8. The standard InChI is InChI=1S/C24H23ClN4O/c1-14(30)20-11-8-17-21(27-20)12-9-18-23(17)28-29(24(18)15-5-3-4-6-15)16-7-10-22(26-2)19(25)13-16/h7-8,10-11,13,15,18,24H,3-6,9,12H2,1H3. The Labute approximate surface area is 181 Å². The summed E-state index contributed by atoms with van der Waals surface area (Å²) in [6.07, 6.45) is 6.86. The maximum atomic E-state index is 11.8. The predicted molar refractivity (Wildman–Crippen MR) is 119 cm³/mol. The SMILES string of the molecule is [C-]#[N+]c1ccc(N2N=C3c4ccc(C(C)=O)nc4CCC3C2C2CCCC2)cc1Cl. The molecular formula is C24H23ClN4O. The first-order valence-corrected chi connectivity index (χ1v) is 11.0. The second kappa shape index (κ2) is 7.52. The van der Waals surface area contributed by atoms with E-state index in [1.807, 2.05) is 24.3 Å². The first kappa shape index (κ1) is 19.3. The topological polar surface area (TPSA) is 49.9 Å². The average Bonchev–Trinajstić information content (AvgIpc) is 3.40. The normalized spacial score (nSPS) is 23.0. The van der Waals surface area contributed by atoms with Gasteiger partial charge in [0.05, 0.1) is 29.7 Å². The third-order valence-electron chi connectivity index (χ3n) is 6.76. The molecule has 2 aromatic rings. The molecule has 6 heteroatoms. The predicted octanol–water partition coefficient (Wildman–Crippen LogP) is 5.83. The lowest BCUT2D eigenvalue weighted by Crippen LogP contribution is -2.40. The molecule has 5 nitrogen and oxygen atoms in total. The Morgan fingerprint density at radius 3 is 2.70 bits per heavy atom. The van der Waals surface area contributed by atoms with Gasteiger partial charge in [-0.15, -0.1) is 0 Å². The molecule has 0 spiro atoms. The first-order valence-electron chi connectivity index (χ1n) is 10.6. The molecular weight excluding hydrogens is 396 g/mol. The van der Waals surface area contributed by atoms with Crippen LogP contribution in [0.4, 0.5) is 11.4 Å². The largest absolute Gasteiger partial charge is 0.293 e. The molecule has 0 amide bonds. The molecule has 0 N–H and O–H groups in total. The van der Waals surface area contributed by atoms with E-state index in [1.165, 1.54) is 25.7 Å². The van der Waals surface area contributed by atoms with Crippen molar-refractivity contribution in [3.05, 3.63) is 63.7 Å². The van der Waals surface area contributed by atoms with Gasteiger partial charge in [0, 0.05) is 23.4 Å². The number of halogens is 1. The van der Waals surface area contributed by atoms with E-state index in [1.54, 1.807) is 13.0 Å². The molecule has 2 atom stereocenters. The lowest BCUT2D eigenvalue weighted by atomic mass is 9.76. The summed E-state index contributed by atoms with van der Waals surface area (Å²) < 4.78 is 0. The number of Topliss-reactive ketones (excluding diaryl/α,β-unsaturated/α-hetero) is 1. The Kier molecular flexibility index (Phi) is 4.83. The summed E-state index contributed by atoms with van der Waals surface area (Å²) in [5.74, 6) is 0.944. The summed E-state index contributed by atoms with van der Waals surface area (Å²) in [6, 6.07) is 9.76. The minimum absolute atomic E-state index is 0.00622. The fourth-order valence-electron chi connectivity index (χ4n) is 5.35. The zero-order valence-corrected chi connectivity index (χ0v) is 17.7. The van der Waals surface area contributed by atoms with E-state index >= 15 is 0 Å². The maximum Gasteiger partial charge on any atom is 0.205 e. The van der Waals surface area contributed by atoms with Crippen LogP contribution in [0.1, 0.15) is 60.8 Å². The van der Waals surface area contributed by atoms with Crippen molar-refractivity contribution in [2.75, 3.05) is 5.01 Å². The van der Waals surface area contributed by atoms with E-state index in [9.17, 15) is 4.79 Å². The van der Waals surface area contributed by atoms with Gasteiger partial charge in [-0.05, 0) is 55.9 Å². The van der Waals surface area contributed by atoms with E-state index in [0.717, 1.165) is 35.5 Å². The lowest BCUT2D eigenvalue weighted by molar-refractivity contribution is 0.101. The van der Waals surface area contributed by atoms with Gasteiger partial charge in [-0.25, -0.2) is 9.83 Å². The zero-order chi connectivity index (χ0) is 20.8. The lowest BCUT2D eigenvalue weighted by Gasteiger charge is -2.34. The Hall–Kier alpha value is -2.71. The number of ketones is 1. The molecule has 2 unspecified atom stereocenters. The highest BCUT2D eigenvalue weighted by Crippen LogP contribution is 2.45. The fraction of sp³-hybridized carbons (Fsp3) is 0.417. The second-order valence-corrected chi connectivity index (χ2v) is 8.91. The number of hydrogen-bond acceptors (Lipinski definition) is 4. The number of carbonyl (C=O) groups is 1. The van der Waals surface area contributed by atoms with Crippen molar-refractivity contribution in [3.8, 4) is 0 Å². The van der Waals surface area contributed by atoms with E-state index in [0.29, 0.717) is 34.3 Å². The minimum atomic E-state index is -0.00622. The van der Waals surface area contributed by atoms with Gasteiger partial charge in [-0.3, -0.25) is 9.80 Å². The quantitative estimate of drug-likeness (QED) is 0.465. The molecule has 0 radical (unpaired) electrons. The molecule has 3 aliphatic rings. The molecule has 0 saturated heterocycles. The van der Waals surface area contributed by atoms with E-state index in [4.69, 9.17) is 23.3 Å². The monoisotopic (exact) mass is 418 g/mol. The minimum Gasteiger partial charge on any atom is -0.293 e. The van der Waals surface area contributed by atoms with Crippen molar-refractivity contribution >= 4 is 34.5 Å². The van der Waals surface area contributed by atoms with Crippen LogP contribution < -0.4 is 5.01 Å². The van der Waals surface area contributed by atoms with Gasteiger partial charge in [-0.2, -0.15) is 5.10 Å². The average molecular weight is 419 g/mol. The van der Waals surface area contributed by atoms with Gasteiger partial charge in [0.1, 0.15) is 5.69 Å². The Balaban J connectivity index is 1.59. The molecule has 0 bridgehead atoms. The summed E-state index contributed by atoms with van der Waals surface area (Å²) in [5, 5.41) is 7.73. The summed E-state index contributed by atoms with van der Waals surface area (Å²) in [7, 11) is 0. The Bertz CT molecular complexity index is 1100. The third kappa shape index (κ3) is 3.11. The number of anilines is 1. The number of hydrogen-bond donors (Lipinski definition) is 0. The smallest absolute Gasteiger partial charge is 0.205 e. The van der Waals surface area contributed by atoms with Crippen molar-refractivity contribution in [1.82, 2.24) is 4.98 Å². The van der Waals surface area contributed by atoms with Crippen LogP contribution in [0.2, 0.25) is 5.02 Å². The number of fused-ring (bicyclic) bond motifs is 3. The zero-order valence-electron chi connectivity index (χ0n) is 16.9. The summed E-state index contributed by atoms with van der Waals surface area (Å²) in [6.45, 7) is 8.83.